The highest BCUT2D eigenvalue weighted by Crippen LogP contribution is 2.39. The number of carboxylic acid groups (broad SMARTS) is 1. The number of nitrogens with zero attached hydrogens (tertiary/aromatic N) is 1. The molecule has 0 bridgehead atoms. The zero-order chi connectivity index (χ0) is 25.9. The van der Waals surface area contributed by atoms with Crippen molar-refractivity contribution < 1.29 is 14.6 Å². The van der Waals surface area contributed by atoms with E-state index in [1.54, 1.807) is 6.07 Å². The largest absolute Gasteiger partial charge is 0.486 e. The van der Waals surface area contributed by atoms with E-state index in [0.717, 1.165) is 35.7 Å². The van der Waals surface area contributed by atoms with E-state index < -0.39 is 5.97 Å². The fourth-order valence-electron chi connectivity index (χ4n) is 5.29. The summed E-state index contributed by atoms with van der Waals surface area (Å²) in [5, 5.41) is 16.1. The van der Waals surface area contributed by atoms with Crippen LogP contribution in [0.1, 0.15) is 60.6 Å². The van der Waals surface area contributed by atoms with E-state index in [9.17, 15) is 9.90 Å². The molecule has 0 saturated carbocycles. The van der Waals surface area contributed by atoms with E-state index in [1.165, 1.54) is 16.3 Å². The van der Waals surface area contributed by atoms with Gasteiger partial charge in [-0.3, -0.25) is 0 Å². The van der Waals surface area contributed by atoms with Crippen LogP contribution in [0.25, 0.3) is 10.8 Å². The smallest absolute Gasteiger partial charge is 0.336 e. The van der Waals surface area contributed by atoms with E-state index in [4.69, 9.17) is 4.74 Å². The minimum Gasteiger partial charge on any atom is -0.486 e. The van der Waals surface area contributed by atoms with Gasteiger partial charge in [-0.05, 0) is 72.0 Å². The van der Waals surface area contributed by atoms with Gasteiger partial charge < -0.3 is 20.1 Å². The molecule has 190 valence electrons. The number of para-hydroxylation sites is 2. The molecular formula is C32H34N2O3. The van der Waals surface area contributed by atoms with Crippen molar-refractivity contribution in [3.63, 3.8) is 0 Å². The minimum absolute atomic E-state index is 0.0276. The summed E-state index contributed by atoms with van der Waals surface area (Å²) in [6.07, 6.45) is 0.802. The molecule has 2 N–H and O–H groups in total. The predicted molar refractivity (Wildman–Crippen MR) is 150 cm³/mol. The van der Waals surface area contributed by atoms with Crippen LogP contribution in [0.4, 0.5) is 11.4 Å². The molecule has 0 aliphatic carbocycles. The Morgan fingerprint density at radius 3 is 2.54 bits per heavy atom. The number of rotatable bonds is 8. The Morgan fingerprint density at radius 1 is 0.973 bits per heavy atom. The Kier molecular flexibility index (Phi) is 7.15. The lowest BCUT2D eigenvalue weighted by Gasteiger charge is -2.37. The first-order valence-corrected chi connectivity index (χ1v) is 13.0. The van der Waals surface area contributed by atoms with Gasteiger partial charge in [0.2, 0.25) is 0 Å². The lowest BCUT2D eigenvalue weighted by atomic mass is 9.96. The van der Waals surface area contributed by atoms with Crippen LogP contribution in [0.3, 0.4) is 0 Å². The molecule has 0 aromatic heterocycles. The van der Waals surface area contributed by atoms with Crippen molar-refractivity contribution in [2.45, 2.75) is 45.3 Å². The molecule has 5 heteroatoms. The second-order valence-corrected chi connectivity index (χ2v) is 10.1. The molecular weight excluding hydrogens is 460 g/mol. The predicted octanol–water partition coefficient (Wildman–Crippen LogP) is 7.30. The average molecular weight is 495 g/mol. The number of ether oxygens (including phenoxy) is 1. The Hall–Kier alpha value is -3.83. The van der Waals surface area contributed by atoms with Crippen LogP contribution in [0.5, 0.6) is 5.75 Å². The number of hydrogen-bond donors (Lipinski definition) is 2. The van der Waals surface area contributed by atoms with Crippen LogP contribution in [0.15, 0.2) is 84.9 Å². The number of carbonyl (C=O) groups is 1. The standard InChI is InChI=1S/C32H34N2O3/c1-21(2)26-16-15-24(19-29(26)32(35)36)34-20-25(37-31-14-7-6-13-30(31)34)17-18-33-22(3)27-12-8-10-23-9-4-5-11-28(23)27/h4-16,19,21-22,25,33H,17-18,20H2,1-3H3,(H,35,36). The molecule has 1 heterocycles. The first kappa shape index (κ1) is 24.8. The lowest BCUT2D eigenvalue weighted by molar-refractivity contribution is 0.0695. The van der Waals surface area contributed by atoms with E-state index >= 15 is 0 Å². The van der Waals surface area contributed by atoms with Crippen LogP contribution < -0.4 is 15.0 Å². The molecule has 0 spiro atoms. The lowest BCUT2D eigenvalue weighted by Crippen LogP contribution is -2.39. The number of nitrogens with one attached hydrogen (secondary N) is 1. The maximum atomic E-state index is 12.0. The summed E-state index contributed by atoms with van der Waals surface area (Å²) >= 11 is 0. The summed E-state index contributed by atoms with van der Waals surface area (Å²) < 4.78 is 6.38. The van der Waals surface area contributed by atoms with Gasteiger partial charge in [-0.2, -0.15) is 0 Å². The van der Waals surface area contributed by atoms with Crippen molar-refractivity contribution in [1.82, 2.24) is 5.32 Å². The zero-order valence-electron chi connectivity index (χ0n) is 21.6. The fourth-order valence-corrected chi connectivity index (χ4v) is 5.29. The Labute approximate surface area is 218 Å². The third-order valence-corrected chi connectivity index (χ3v) is 7.24. The van der Waals surface area contributed by atoms with Gasteiger partial charge in [-0.15, -0.1) is 0 Å². The molecule has 37 heavy (non-hydrogen) atoms. The Morgan fingerprint density at radius 2 is 1.73 bits per heavy atom. The van der Waals surface area contributed by atoms with Gasteiger partial charge in [0.1, 0.15) is 11.9 Å². The summed E-state index contributed by atoms with van der Waals surface area (Å²) in [6.45, 7) is 7.70. The third kappa shape index (κ3) is 5.18. The third-order valence-electron chi connectivity index (χ3n) is 7.24. The van der Waals surface area contributed by atoms with Crippen molar-refractivity contribution >= 4 is 28.1 Å². The molecule has 2 unspecified atom stereocenters. The highest BCUT2D eigenvalue weighted by atomic mass is 16.5. The number of carboxylic acids is 1. The molecule has 0 amide bonds. The van der Waals surface area contributed by atoms with Crippen LogP contribution in [0, 0.1) is 0 Å². The zero-order valence-corrected chi connectivity index (χ0v) is 21.6. The van der Waals surface area contributed by atoms with E-state index in [1.807, 2.05) is 50.2 Å². The monoisotopic (exact) mass is 494 g/mol. The van der Waals surface area contributed by atoms with Crippen LogP contribution in [-0.2, 0) is 0 Å². The minimum atomic E-state index is -0.893. The van der Waals surface area contributed by atoms with Gasteiger partial charge in [-0.1, -0.05) is 74.5 Å². The number of benzene rings is 4. The van der Waals surface area contributed by atoms with Crippen LogP contribution >= 0.6 is 0 Å². The molecule has 0 saturated heterocycles. The summed E-state index contributed by atoms with van der Waals surface area (Å²) in [6, 6.07) is 28.9. The molecule has 4 aromatic carbocycles. The van der Waals surface area contributed by atoms with E-state index in [-0.39, 0.29) is 18.1 Å². The van der Waals surface area contributed by atoms with Crippen LogP contribution in [-0.4, -0.2) is 30.3 Å². The Balaban J connectivity index is 1.33. The van der Waals surface area contributed by atoms with Crippen molar-refractivity contribution in [2.24, 2.45) is 0 Å². The molecule has 5 nitrogen and oxygen atoms in total. The van der Waals surface area contributed by atoms with Crippen LogP contribution in [0.2, 0.25) is 0 Å². The topological polar surface area (TPSA) is 61.8 Å². The maximum Gasteiger partial charge on any atom is 0.336 e. The highest BCUT2D eigenvalue weighted by molar-refractivity contribution is 5.91. The average Bonchev–Trinajstić information content (AvgIpc) is 2.91. The summed E-state index contributed by atoms with van der Waals surface area (Å²) in [4.78, 5) is 14.2. The second kappa shape index (κ2) is 10.7. The van der Waals surface area contributed by atoms with Gasteiger partial charge in [0.15, 0.2) is 0 Å². The van der Waals surface area contributed by atoms with Crippen molar-refractivity contribution in [3.8, 4) is 5.75 Å². The normalized spacial score (nSPS) is 15.9. The summed E-state index contributed by atoms with van der Waals surface area (Å²) in [5.41, 5.74) is 4.34. The fraction of sp³-hybridized carbons (Fsp3) is 0.281. The highest BCUT2D eigenvalue weighted by Gasteiger charge is 2.27. The molecule has 5 rings (SSSR count). The van der Waals surface area contributed by atoms with E-state index in [0.29, 0.717) is 12.1 Å². The van der Waals surface area contributed by atoms with Gasteiger partial charge in [0, 0.05) is 11.7 Å². The molecule has 1 aliphatic rings. The SMILES string of the molecule is CC(C)c1ccc(N2CC(CCNC(C)c3cccc4ccccc34)Oc3ccccc32)cc1C(=O)O. The van der Waals surface area contributed by atoms with Crippen molar-refractivity contribution in [1.29, 1.82) is 0 Å². The number of anilines is 2. The Bertz CT molecular complexity index is 1410. The summed E-state index contributed by atoms with van der Waals surface area (Å²) in [7, 11) is 0. The first-order chi connectivity index (χ1) is 17.9. The number of fused-ring (bicyclic) bond motifs is 2. The summed E-state index contributed by atoms with van der Waals surface area (Å²) in [5.74, 6) is 0.0700. The van der Waals surface area contributed by atoms with E-state index in [2.05, 4.69) is 59.6 Å². The molecule has 2 atom stereocenters. The molecule has 0 fully saturated rings. The van der Waals surface area contributed by atoms with Gasteiger partial charge in [-0.25, -0.2) is 4.79 Å². The number of hydrogen-bond acceptors (Lipinski definition) is 4. The maximum absolute atomic E-state index is 12.0. The van der Waals surface area contributed by atoms with Crippen molar-refractivity contribution in [2.75, 3.05) is 18.0 Å². The van der Waals surface area contributed by atoms with Gasteiger partial charge >= 0.3 is 5.97 Å². The van der Waals surface area contributed by atoms with Gasteiger partial charge in [0.25, 0.3) is 0 Å². The first-order valence-electron chi connectivity index (χ1n) is 13.0. The van der Waals surface area contributed by atoms with Crippen molar-refractivity contribution in [3.05, 3.63) is 102 Å². The quantitative estimate of drug-likeness (QED) is 0.269. The molecule has 4 aromatic rings. The van der Waals surface area contributed by atoms with Gasteiger partial charge in [0.05, 0.1) is 17.8 Å². The number of aromatic carboxylic acids is 1. The molecule has 1 aliphatic heterocycles. The second-order valence-electron chi connectivity index (χ2n) is 10.1. The molecule has 0 radical (unpaired) electrons.